The van der Waals surface area contributed by atoms with Crippen molar-refractivity contribution in [3.63, 3.8) is 0 Å². The number of nitrogens with zero attached hydrogens (tertiary/aromatic N) is 1. The molecule has 15 heavy (non-hydrogen) atoms. The van der Waals surface area contributed by atoms with Gasteiger partial charge in [-0.1, -0.05) is 12.1 Å². The van der Waals surface area contributed by atoms with E-state index < -0.39 is 0 Å². The Bertz CT molecular complexity index is 364. The van der Waals surface area contributed by atoms with E-state index in [0.717, 1.165) is 11.1 Å². The van der Waals surface area contributed by atoms with Crippen LogP contribution in [-0.2, 0) is 6.42 Å². The van der Waals surface area contributed by atoms with Crippen molar-refractivity contribution in [2.24, 2.45) is 0 Å². The Hall–Kier alpha value is -1.42. The van der Waals surface area contributed by atoms with E-state index in [-0.39, 0.29) is 16.7 Å². The lowest BCUT2D eigenvalue weighted by Crippen LogP contribution is -2.24. The molecule has 0 aromatic heterocycles. The minimum absolute atomic E-state index is 0.220. The molecular weight excluding hydrogens is 192 g/mol. The van der Waals surface area contributed by atoms with Crippen LogP contribution in [0.5, 0.6) is 0 Å². The number of benzene rings is 1. The van der Waals surface area contributed by atoms with E-state index in [4.69, 9.17) is 0 Å². The van der Waals surface area contributed by atoms with Crippen molar-refractivity contribution in [1.29, 1.82) is 0 Å². The highest BCUT2D eigenvalue weighted by Gasteiger charge is 2.16. The summed E-state index contributed by atoms with van der Waals surface area (Å²) in [6, 6.07) is 5.43. The van der Waals surface area contributed by atoms with Crippen LogP contribution in [0.4, 0.5) is 5.69 Å². The molecule has 0 aliphatic rings. The van der Waals surface area contributed by atoms with Crippen LogP contribution in [0.3, 0.4) is 0 Å². The fraction of sp³-hybridized carbons (Fsp3) is 0.455. The first kappa shape index (κ1) is 11.7. The Kier molecular flexibility index (Phi) is 3.80. The SMILES string of the molecule is CNC(C)Cc1c(C)cccc1[N+](=O)[O-]. The lowest BCUT2D eigenvalue weighted by molar-refractivity contribution is -0.385. The maximum Gasteiger partial charge on any atom is 0.272 e. The molecule has 1 rings (SSSR count). The molecule has 0 bridgehead atoms. The second kappa shape index (κ2) is 4.89. The monoisotopic (exact) mass is 208 g/mol. The molecule has 0 spiro atoms. The second-order valence-electron chi connectivity index (χ2n) is 3.72. The number of hydrogen-bond acceptors (Lipinski definition) is 3. The van der Waals surface area contributed by atoms with Crippen LogP contribution in [0.15, 0.2) is 18.2 Å². The standard InChI is InChI=1S/C11H16N2O2/c1-8-5-4-6-11(13(14)15)10(8)7-9(2)12-3/h4-6,9,12H,7H2,1-3H3. The average molecular weight is 208 g/mol. The molecule has 0 aliphatic heterocycles. The van der Waals surface area contributed by atoms with Crippen LogP contribution in [0.25, 0.3) is 0 Å². The van der Waals surface area contributed by atoms with Crippen molar-refractivity contribution in [3.8, 4) is 0 Å². The van der Waals surface area contributed by atoms with Gasteiger partial charge in [-0.2, -0.15) is 0 Å². The van der Waals surface area contributed by atoms with Gasteiger partial charge in [-0.05, 0) is 32.9 Å². The maximum absolute atomic E-state index is 10.8. The number of nitro benzene ring substituents is 1. The average Bonchev–Trinajstić information content (AvgIpc) is 2.20. The first-order valence-electron chi connectivity index (χ1n) is 4.96. The van der Waals surface area contributed by atoms with E-state index in [9.17, 15) is 10.1 Å². The Morgan fingerprint density at radius 1 is 1.53 bits per heavy atom. The summed E-state index contributed by atoms with van der Waals surface area (Å²) >= 11 is 0. The topological polar surface area (TPSA) is 55.2 Å². The molecule has 0 radical (unpaired) electrons. The van der Waals surface area contributed by atoms with Crippen LogP contribution < -0.4 is 5.32 Å². The van der Waals surface area contributed by atoms with Gasteiger partial charge in [-0.15, -0.1) is 0 Å². The third kappa shape index (κ3) is 2.76. The van der Waals surface area contributed by atoms with Gasteiger partial charge in [0.25, 0.3) is 5.69 Å². The van der Waals surface area contributed by atoms with Gasteiger partial charge in [0.05, 0.1) is 4.92 Å². The number of nitrogens with one attached hydrogen (secondary N) is 1. The maximum atomic E-state index is 10.8. The van der Waals surface area contributed by atoms with E-state index in [2.05, 4.69) is 5.32 Å². The minimum Gasteiger partial charge on any atom is -0.317 e. The fourth-order valence-corrected chi connectivity index (χ4v) is 1.53. The molecule has 4 nitrogen and oxygen atoms in total. The molecule has 1 aromatic carbocycles. The molecule has 0 fully saturated rings. The van der Waals surface area contributed by atoms with Gasteiger partial charge in [0.2, 0.25) is 0 Å². The zero-order valence-electron chi connectivity index (χ0n) is 9.28. The van der Waals surface area contributed by atoms with Crippen molar-refractivity contribution in [2.75, 3.05) is 7.05 Å². The summed E-state index contributed by atoms with van der Waals surface area (Å²) in [7, 11) is 1.86. The van der Waals surface area contributed by atoms with Crippen LogP contribution in [0.1, 0.15) is 18.1 Å². The second-order valence-corrected chi connectivity index (χ2v) is 3.72. The molecule has 1 atom stereocenters. The predicted molar refractivity (Wildman–Crippen MR) is 60.1 cm³/mol. The summed E-state index contributed by atoms with van der Waals surface area (Å²) in [5.41, 5.74) is 2.02. The molecule has 82 valence electrons. The minimum atomic E-state index is -0.315. The zero-order valence-corrected chi connectivity index (χ0v) is 9.28. The van der Waals surface area contributed by atoms with Gasteiger partial charge in [0.15, 0.2) is 0 Å². The number of rotatable bonds is 4. The quantitative estimate of drug-likeness (QED) is 0.608. The normalized spacial score (nSPS) is 12.5. The van der Waals surface area contributed by atoms with Crippen molar-refractivity contribution in [3.05, 3.63) is 39.4 Å². The number of aryl methyl sites for hydroxylation is 1. The summed E-state index contributed by atoms with van der Waals surface area (Å²) < 4.78 is 0. The summed E-state index contributed by atoms with van der Waals surface area (Å²) in [6.45, 7) is 3.92. The van der Waals surface area contributed by atoms with Crippen molar-refractivity contribution in [1.82, 2.24) is 5.32 Å². The smallest absolute Gasteiger partial charge is 0.272 e. The lowest BCUT2D eigenvalue weighted by atomic mass is 10.00. The molecule has 0 saturated carbocycles. The van der Waals surface area contributed by atoms with Gasteiger partial charge in [-0.25, -0.2) is 0 Å². The Morgan fingerprint density at radius 2 is 2.20 bits per heavy atom. The highest BCUT2D eigenvalue weighted by atomic mass is 16.6. The molecule has 0 heterocycles. The molecule has 0 saturated heterocycles. The summed E-state index contributed by atoms with van der Waals surface area (Å²) in [6.07, 6.45) is 0.680. The Balaban J connectivity index is 3.07. The van der Waals surface area contributed by atoms with Crippen LogP contribution in [0.2, 0.25) is 0 Å². The highest BCUT2D eigenvalue weighted by Crippen LogP contribution is 2.23. The number of hydrogen-bond donors (Lipinski definition) is 1. The van der Waals surface area contributed by atoms with E-state index in [1.165, 1.54) is 0 Å². The summed E-state index contributed by atoms with van der Waals surface area (Å²) in [5.74, 6) is 0. The molecule has 0 aliphatic carbocycles. The molecule has 0 amide bonds. The first-order chi connectivity index (χ1) is 7.06. The van der Waals surface area contributed by atoms with Crippen LogP contribution in [0, 0.1) is 17.0 Å². The van der Waals surface area contributed by atoms with E-state index in [0.29, 0.717) is 6.42 Å². The largest absolute Gasteiger partial charge is 0.317 e. The van der Waals surface area contributed by atoms with Gasteiger partial charge in [-0.3, -0.25) is 10.1 Å². The van der Waals surface area contributed by atoms with Crippen LogP contribution in [-0.4, -0.2) is 18.0 Å². The molecular formula is C11H16N2O2. The molecule has 4 heteroatoms. The summed E-state index contributed by atoms with van der Waals surface area (Å²) in [5, 5.41) is 13.9. The van der Waals surface area contributed by atoms with Gasteiger partial charge in [0.1, 0.15) is 0 Å². The van der Waals surface area contributed by atoms with E-state index >= 15 is 0 Å². The van der Waals surface area contributed by atoms with E-state index in [1.54, 1.807) is 12.1 Å². The third-order valence-electron chi connectivity index (χ3n) is 2.59. The highest BCUT2D eigenvalue weighted by molar-refractivity contribution is 5.45. The van der Waals surface area contributed by atoms with Gasteiger partial charge < -0.3 is 5.32 Å². The van der Waals surface area contributed by atoms with E-state index in [1.807, 2.05) is 27.0 Å². The number of nitro groups is 1. The molecule has 1 N–H and O–H groups in total. The summed E-state index contributed by atoms with van der Waals surface area (Å²) in [4.78, 5) is 10.5. The number of likely N-dealkylation sites (N-methyl/N-ethyl adjacent to an activating group) is 1. The first-order valence-corrected chi connectivity index (χ1v) is 4.96. The van der Waals surface area contributed by atoms with Crippen LogP contribution >= 0.6 is 0 Å². The van der Waals surface area contributed by atoms with Crippen molar-refractivity contribution >= 4 is 5.69 Å². The van der Waals surface area contributed by atoms with Crippen molar-refractivity contribution in [2.45, 2.75) is 26.3 Å². The molecule has 1 unspecified atom stereocenters. The van der Waals surface area contributed by atoms with Gasteiger partial charge >= 0.3 is 0 Å². The predicted octanol–water partition coefficient (Wildman–Crippen LogP) is 2.05. The Morgan fingerprint density at radius 3 is 2.73 bits per heavy atom. The zero-order chi connectivity index (χ0) is 11.4. The lowest BCUT2D eigenvalue weighted by Gasteiger charge is -2.12. The Labute approximate surface area is 89.5 Å². The molecule has 1 aromatic rings. The van der Waals surface area contributed by atoms with Crippen molar-refractivity contribution < 1.29 is 4.92 Å². The van der Waals surface area contributed by atoms with Gasteiger partial charge in [0, 0.05) is 17.7 Å². The third-order valence-corrected chi connectivity index (χ3v) is 2.59. The fourth-order valence-electron chi connectivity index (χ4n) is 1.53.